The number of fused-ring (bicyclic) bond motifs is 2. The number of hydrazine groups is 1. The van der Waals surface area contributed by atoms with Crippen LogP contribution in [-0.4, -0.2) is 10.5 Å². The number of thiazole rings is 1. The van der Waals surface area contributed by atoms with E-state index in [0.29, 0.717) is 17.8 Å². The van der Waals surface area contributed by atoms with Crippen molar-refractivity contribution >= 4 is 40.0 Å². The van der Waals surface area contributed by atoms with Gasteiger partial charge in [0.25, 0.3) is 5.91 Å². The summed E-state index contributed by atoms with van der Waals surface area (Å²) >= 11 is 1.67. The number of aromatic nitrogens is 1. The van der Waals surface area contributed by atoms with E-state index in [4.69, 9.17) is 9.84 Å². The first kappa shape index (κ1) is 32.1. The number of benzene rings is 5. The number of carbonyl (C=O) groups excluding carboxylic acids is 1. The molecule has 7 nitrogen and oxygen atoms in total. The summed E-state index contributed by atoms with van der Waals surface area (Å²) in [6.07, 6.45) is 0.646. The van der Waals surface area contributed by atoms with Crippen LogP contribution in [0.1, 0.15) is 47.9 Å². The Balaban J connectivity index is 1.38. The molecule has 5 aromatic carbocycles. The van der Waals surface area contributed by atoms with Crippen molar-refractivity contribution in [2.24, 2.45) is 5.10 Å². The molecule has 6 aromatic rings. The molecule has 1 amide bonds. The quantitative estimate of drug-likeness (QED) is 0.140. The van der Waals surface area contributed by atoms with Crippen LogP contribution >= 0.6 is 11.3 Å². The maximum Gasteiger partial charge on any atom is 0.270 e. The number of amides is 1. The molecule has 0 bridgehead atoms. The second kappa shape index (κ2) is 13.7. The summed E-state index contributed by atoms with van der Waals surface area (Å²) in [6.45, 7) is 4.52. The van der Waals surface area contributed by atoms with Gasteiger partial charge in [0.1, 0.15) is 11.5 Å². The van der Waals surface area contributed by atoms with Crippen LogP contribution < -0.4 is 21.1 Å². The average Bonchev–Trinajstić information content (AvgIpc) is 3.58. The van der Waals surface area contributed by atoms with Crippen LogP contribution in [0.25, 0.3) is 17.0 Å². The van der Waals surface area contributed by atoms with Gasteiger partial charge >= 0.3 is 0 Å². The maximum atomic E-state index is 14.7. The molecule has 8 heteroatoms. The van der Waals surface area contributed by atoms with Gasteiger partial charge in [-0.1, -0.05) is 140 Å². The van der Waals surface area contributed by atoms with Gasteiger partial charge in [0.15, 0.2) is 0 Å². The van der Waals surface area contributed by atoms with E-state index < -0.39 is 5.92 Å². The number of nitrogens with one attached hydrogen (secondary N) is 3. The second-order valence-electron chi connectivity index (χ2n) is 13.2. The lowest BCUT2D eigenvalue weighted by molar-refractivity contribution is -0.117. The van der Waals surface area contributed by atoms with Gasteiger partial charge in [-0.3, -0.25) is 25.6 Å². The average molecular weight is 688 g/mol. The fourth-order valence-electron chi connectivity index (χ4n) is 6.88. The van der Waals surface area contributed by atoms with Crippen molar-refractivity contribution in [1.29, 1.82) is 0 Å². The predicted molar refractivity (Wildman–Crippen MR) is 206 cm³/mol. The molecule has 2 heterocycles. The molecule has 1 unspecified atom stereocenters. The van der Waals surface area contributed by atoms with Crippen molar-refractivity contribution in [3.8, 4) is 5.69 Å². The van der Waals surface area contributed by atoms with Crippen LogP contribution in [0.5, 0.6) is 0 Å². The van der Waals surface area contributed by atoms with Crippen molar-refractivity contribution in [2.45, 2.75) is 31.6 Å². The summed E-state index contributed by atoms with van der Waals surface area (Å²) < 4.78 is 9.27. The number of nitrogens with zero attached hydrogens (tertiary/aromatic N) is 2. The molecule has 1 aliphatic heterocycles. The van der Waals surface area contributed by atoms with E-state index >= 15 is 0 Å². The first-order chi connectivity index (χ1) is 25.0. The highest BCUT2D eigenvalue weighted by molar-refractivity contribution is 7.09. The van der Waals surface area contributed by atoms with Crippen LogP contribution in [0, 0.1) is 0 Å². The van der Waals surface area contributed by atoms with Crippen molar-refractivity contribution in [3.63, 3.8) is 0 Å². The van der Waals surface area contributed by atoms with Crippen LogP contribution in [0.15, 0.2) is 168 Å². The highest BCUT2D eigenvalue weighted by atomic mass is 32.1. The van der Waals surface area contributed by atoms with Gasteiger partial charge in [-0.15, -0.1) is 5.10 Å². The monoisotopic (exact) mass is 687 g/mol. The van der Waals surface area contributed by atoms with Crippen LogP contribution in [0.3, 0.4) is 0 Å². The van der Waals surface area contributed by atoms with E-state index in [1.54, 1.807) is 11.3 Å². The topological polar surface area (TPSA) is 79.7 Å². The summed E-state index contributed by atoms with van der Waals surface area (Å²) in [5.41, 5.74) is 16.1. The van der Waals surface area contributed by atoms with Crippen LogP contribution in [-0.2, 0) is 14.9 Å². The van der Waals surface area contributed by atoms with E-state index in [1.807, 2.05) is 127 Å². The Labute approximate surface area is 301 Å². The number of rotatable bonds is 8. The fraction of sp³-hybridized carbons (Fsp3) is 0.116. The molecule has 0 radical (unpaired) electrons. The minimum Gasteiger partial charge on any atom is -0.460 e. The standard InChI is InChI=1S/C43H37N5O2S/c1-43(2)28-34-36(38-40(43)51-42(47-45-32-24-14-6-15-25-32)48(38)33-26-16-7-17-27-33)35(29-18-8-3-9-19-29)37(39(50-34)30-20-10-4-11-21-30)41(49)46-44-31-22-12-5-13-23-31/h3-27,35,44-45H,28H2,1-2H3,(H,46,49). The van der Waals surface area contributed by atoms with Gasteiger partial charge in [-0.2, -0.15) is 0 Å². The molecule has 0 saturated heterocycles. The highest BCUT2D eigenvalue weighted by Crippen LogP contribution is 2.55. The molecule has 2 aliphatic rings. The van der Waals surface area contributed by atoms with Crippen molar-refractivity contribution in [3.05, 3.63) is 189 Å². The second-order valence-corrected chi connectivity index (χ2v) is 14.2. The van der Waals surface area contributed by atoms with Crippen molar-refractivity contribution in [2.75, 3.05) is 10.9 Å². The molecule has 1 aliphatic carbocycles. The third-order valence-corrected chi connectivity index (χ3v) is 10.6. The van der Waals surface area contributed by atoms with E-state index in [-0.39, 0.29) is 11.3 Å². The van der Waals surface area contributed by atoms with Gasteiger partial charge in [0, 0.05) is 39.5 Å². The first-order valence-corrected chi connectivity index (χ1v) is 17.8. The smallest absolute Gasteiger partial charge is 0.270 e. The van der Waals surface area contributed by atoms with Gasteiger partial charge in [0.05, 0.1) is 22.6 Å². The minimum atomic E-state index is -0.461. The van der Waals surface area contributed by atoms with Crippen molar-refractivity contribution < 1.29 is 9.53 Å². The number of anilines is 2. The predicted octanol–water partition coefficient (Wildman–Crippen LogP) is 9.23. The lowest BCUT2D eigenvalue weighted by atomic mass is 9.71. The number of para-hydroxylation sites is 3. The van der Waals surface area contributed by atoms with E-state index in [9.17, 15) is 4.79 Å². The maximum absolute atomic E-state index is 14.7. The van der Waals surface area contributed by atoms with Gasteiger partial charge in [-0.25, -0.2) is 0 Å². The molecule has 0 spiro atoms. The third-order valence-electron chi connectivity index (χ3n) is 9.22. The molecular formula is C43H37N5O2S. The van der Waals surface area contributed by atoms with Crippen LogP contribution in [0.4, 0.5) is 11.4 Å². The minimum absolute atomic E-state index is 0.276. The van der Waals surface area contributed by atoms with Gasteiger partial charge in [-0.05, 0) is 42.0 Å². The SMILES string of the molecule is CC1(C)CC2=C(c3c1sc(=NNc1ccccc1)n3-c1ccccc1)C(c1ccccc1)C(C(=O)NNc1ccccc1)=C(c1ccccc1)O2. The summed E-state index contributed by atoms with van der Waals surface area (Å²) in [7, 11) is 0. The molecule has 252 valence electrons. The van der Waals surface area contributed by atoms with Gasteiger partial charge < -0.3 is 4.74 Å². The zero-order valence-corrected chi connectivity index (χ0v) is 29.2. The summed E-state index contributed by atoms with van der Waals surface area (Å²) in [5.74, 6) is 0.656. The summed E-state index contributed by atoms with van der Waals surface area (Å²) in [6, 6.07) is 50.1. The Hall–Kier alpha value is -6.12. The number of hydrogen-bond donors (Lipinski definition) is 3. The molecule has 0 saturated carbocycles. The Morgan fingerprint density at radius 3 is 1.98 bits per heavy atom. The molecular weight excluding hydrogens is 651 g/mol. The van der Waals surface area contributed by atoms with E-state index in [1.165, 1.54) is 4.88 Å². The lowest BCUT2D eigenvalue weighted by Crippen LogP contribution is -2.37. The van der Waals surface area contributed by atoms with Gasteiger partial charge in [0.2, 0.25) is 4.80 Å². The highest BCUT2D eigenvalue weighted by Gasteiger charge is 2.46. The largest absolute Gasteiger partial charge is 0.460 e. The molecule has 1 aromatic heterocycles. The first-order valence-electron chi connectivity index (χ1n) is 17.0. The molecule has 0 fully saturated rings. The molecule has 1 atom stereocenters. The lowest BCUT2D eigenvalue weighted by Gasteiger charge is -2.40. The number of carbonyl (C=O) groups is 1. The third kappa shape index (κ3) is 6.26. The normalized spacial score (nSPS) is 16.5. The van der Waals surface area contributed by atoms with Crippen molar-refractivity contribution in [1.82, 2.24) is 9.99 Å². The molecule has 51 heavy (non-hydrogen) atoms. The molecule has 8 rings (SSSR count). The number of hydrogen-bond acceptors (Lipinski definition) is 6. The zero-order valence-electron chi connectivity index (χ0n) is 28.3. The summed E-state index contributed by atoms with van der Waals surface area (Å²) in [4.78, 5) is 16.7. The van der Waals surface area contributed by atoms with Crippen LogP contribution in [0.2, 0.25) is 0 Å². The Kier molecular flexibility index (Phi) is 8.59. The summed E-state index contributed by atoms with van der Waals surface area (Å²) in [5, 5.41) is 5.01. The van der Waals surface area contributed by atoms with E-state index in [2.05, 4.69) is 59.0 Å². The Morgan fingerprint density at radius 1 is 0.765 bits per heavy atom. The Morgan fingerprint density at radius 2 is 1.33 bits per heavy atom. The number of ether oxygens (including phenoxy) is 1. The Bertz CT molecular complexity index is 2310. The zero-order chi connectivity index (χ0) is 34.8. The fourth-order valence-corrected chi connectivity index (χ4v) is 8.09. The molecule has 3 N–H and O–H groups in total. The number of allylic oxidation sites excluding steroid dienone is 2. The van der Waals surface area contributed by atoms with E-state index in [0.717, 1.165) is 50.0 Å².